The van der Waals surface area contributed by atoms with E-state index in [2.05, 4.69) is 9.97 Å². The van der Waals surface area contributed by atoms with Gasteiger partial charge in [0.15, 0.2) is 0 Å². The fourth-order valence-electron chi connectivity index (χ4n) is 3.68. The molecule has 0 bridgehead atoms. The van der Waals surface area contributed by atoms with Gasteiger partial charge in [-0.3, -0.25) is 14.8 Å². The molecule has 23 heavy (non-hydrogen) atoms. The molecule has 2 fully saturated rings. The predicted molar refractivity (Wildman–Crippen MR) is 87.6 cm³/mol. The van der Waals surface area contributed by atoms with E-state index in [1.54, 1.807) is 12.4 Å². The van der Waals surface area contributed by atoms with E-state index in [1.165, 1.54) is 6.42 Å². The quantitative estimate of drug-likeness (QED) is 0.922. The summed E-state index contributed by atoms with van der Waals surface area (Å²) in [5.74, 6) is 0.0318. The number of amides is 1. The largest absolute Gasteiger partial charge is 0.336 e. The van der Waals surface area contributed by atoms with Gasteiger partial charge in [0, 0.05) is 36.9 Å². The van der Waals surface area contributed by atoms with E-state index < -0.39 is 0 Å². The van der Waals surface area contributed by atoms with Crippen LogP contribution in [-0.4, -0.2) is 39.9 Å². The van der Waals surface area contributed by atoms with Crippen LogP contribution in [0.1, 0.15) is 29.6 Å². The molecule has 1 saturated carbocycles. The van der Waals surface area contributed by atoms with Crippen LogP contribution < -0.4 is 5.73 Å². The van der Waals surface area contributed by atoms with Gasteiger partial charge in [0.1, 0.15) is 0 Å². The zero-order valence-electron chi connectivity index (χ0n) is 13.0. The van der Waals surface area contributed by atoms with Crippen LogP contribution >= 0.6 is 0 Å². The highest BCUT2D eigenvalue weighted by atomic mass is 16.2. The van der Waals surface area contributed by atoms with Gasteiger partial charge in [0.05, 0.1) is 17.0 Å². The van der Waals surface area contributed by atoms with Crippen molar-refractivity contribution < 1.29 is 4.79 Å². The summed E-state index contributed by atoms with van der Waals surface area (Å²) in [4.78, 5) is 23.2. The summed E-state index contributed by atoms with van der Waals surface area (Å²) < 4.78 is 0. The summed E-state index contributed by atoms with van der Waals surface area (Å²) >= 11 is 0. The standard InChI is InChI=1S/C18H20N4O/c19-16-11-22(12-18(16)7-3-8-18)17(23)13-5-6-15(21-10-13)14-4-1-2-9-20-14/h1-2,4-6,9-10,16H,3,7-8,11-12,19H2. The first-order chi connectivity index (χ1) is 11.2. The van der Waals surface area contributed by atoms with E-state index in [0.717, 1.165) is 30.8 Å². The first kappa shape index (κ1) is 14.3. The number of likely N-dealkylation sites (tertiary alicyclic amines) is 1. The first-order valence-corrected chi connectivity index (χ1v) is 8.10. The Morgan fingerprint density at radius 2 is 2.00 bits per heavy atom. The van der Waals surface area contributed by atoms with Gasteiger partial charge in [0.2, 0.25) is 0 Å². The van der Waals surface area contributed by atoms with Gasteiger partial charge in [-0.2, -0.15) is 0 Å². The molecule has 2 aromatic rings. The number of aromatic nitrogens is 2. The van der Waals surface area contributed by atoms with Crippen molar-refractivity contribution in [3.05, 3.63) is 48.3 Å². The average Bonchev–Trinajstić information content (AvgIpc) is 2.93. The summed E-state index contributed by atoms with van der Waals surface area (Å²) in [5.41, 5.74) is 8.64. The zero-order chi connectivity index (χ0) is 15.9. The number of nitrogens with two attached hydrogens (primary N) is 1. The molecular weight excluding hydrogens is 288 g/mol. The van der Waals surface area contributed by atoms with Gasteiger partial charge in [-0.05, 0) is 37.1 Å². The summed E-state index contributed by atoms with van der Waals surface area (Å²) in [6.45, 7) is 1.44. The molecule has 1 saturated heterocycles. The first-order valence-electron chi connectivity index (χ1n) is 8.10. The van der Waals surface area contributed by atoms with Gasteiger partial charge in [-0.1, -0.05) is 12.5 Å². The number of hydrogen-bond acceptors (Lipinski definition) is 4. The van der Waals surface area contributed by atoms with Gasteiger partial charge in [-0.15, -0.1) is 0 Å². The molecule has 1 amide bonds. The van der Waals surface area contributed by atoms with Crippen molar-refractivity contribution in [1.82, 2.24) is 14.9 Å². The Hall–Kier alpha value is -2.27. The second kappa shape index (κ2) is 5.42. The lowest BCUT2D eigenvalue weighted by molar-refractivity contribution is 0.0726. The van der Waals surface area contributed by atoms with E-state index in [9.17, 15) is 4.79 Å². The van der Waals surface area contributed by atoms with Gasteiger partial charge < -0.3 is 10.6 Å². The van der Waals surface area contributed by atoms with Crippen LogP contribution in [0.3, 0.4) is 0 Å². The Morgan fingerprint density at radius 3 is 2.57 bits per heavy atom. The zero-order valence-corrected chi connectivity index (χ0v) is 13.0. The van der Waals surface area contributed by atoms with Gasteiger partial charge >= 0.3 is 0 Å². The molecule has 3 heterocycles. The van der Waals surface area contributed by atoms with Crippen LogP contribution in [0.2, 0.25) is 0 Å². The molecule has 1 aliphatic carbocycles. The molecule has 4 rings (SSSR count). The topological polar surface area (TPSA) is 72.1 Å². The molecule has 1 aliphatic heterocycles. The van der Waals surface area contributed by atoms with Crippen molar-refractivity contribution in [2.45, 2.75) is 25.3 Å². The molecule has 2 aliphatic rings. The van der Waals surface area contributed by atoms with Crippen LogP contribution in [-0.2, 0) is 0 Å². The fourth-order valence-corrected chi connectivity index (χ4v) is 3.68. The molecule has 118 valence electrons. The molecule has 2 N–H and O–H groups in total. The lowest BCUT2D eigenvalue weighted by Crippen LogP contribution is -2.45. The number of nitrogens with zero attached hydrogens (tertiary/aromatic N) is 3. The molecule has 5 heteroatoms. The minimum atomic E-state index is 0.0318. The van der Waals surface area contributed by atoms with Gasteiger partial charge in [-0.25, -0.2) is 0 Å². The predicted octanol–water partition coefficient (Wildman–Crippen LogP) is 2.10. The molecule has 1 atom stereocenters. The Kier molecular flexibility index (Phi) is 3.38. The second-order valence-corrected chi connectivity index (χ2v) is 6.66. The molecule has 0 radical (unpaired) electrons. The molecule has 5 nitrogen and oxygen atoms in total. The maximum Gasteiger partial charge on any atom is 0.255 e. The minimum Gasteiger partial charge on any atom is -0.336 e. The normalized spacial score (nSPS) is 22.1. The van der Waals surface area contributed by atoms with Gasteiger partial charge in [0.25, 0.3) is 5.91 Å². The third-order valence-corrected chi connectivity index (χ3v) is 5.28. The van der Waals surface area contributed by atoms with Crippen LogP contribution in [0, 0.1) is 5.41 Å². The molecule has 1 unspecified atom stereocenters. The Bertz CT molecular complexity index is 710. The monoisotopic (exact) mass is 308 g/mol. The lowest BCUT2D eigenvalue weighted by Gasteiger charge is -2.41. The van der Waals surface area contributed by atoms with E-state index in [4.69, 9.17) is 5.73 Å². The van der Waals surface area contributed by atoms with Crippen LogP contribution in [0.4, 0.5) is 0 Å². The SMILES string of the molecule is NC1CN(C(=O)c2ccc(-c3ccccn3)nc2)CC12CCC2. The van der Waals surface area contributed by atoms with Crippen molar-refractivity contribution in [2.24, 2.45) is 11.1 Å². The Balaban J connectivity index is 1.51. The Morgan fingerprint density at radius 1 is 1.17 bits per heavy atom. The average molecular weight is 308 g/mol. The van der Waals surface area contributed by atoms with Crippen molar-refractivity contribution in [3.8, 4) is 11.4 Å². The van der Waals surface area contributed by atoms with Crippen molar-refractivity contribution in [3.63, 3.8) is 0 Å². The second-order valence-electron chi connectivity index (χ2n) is 6.66. The number of carbonyl (C=O) groups is 1. The highest BCUT2D eigenvalue weighted by Crippen LogP contribution is 2.47. The number of rotatable bonds is 2. The van der Waals surface area contributed by atoms with E-state index in [1.807, 2.05) is 35.2 Å². The third kappa shape index (κ3) is 2.41. The van der Waals surface area contributed by atoms with E-state index in [-0.39, 0.29) is 17.4 Å². The Labute approximate surface area is 135 Å². The van der Waals surface area contributed by atoms with Crippen molar-refractivity contribution >= 4 is 5.91 Å². The van der Waals surface area contributed by atoms with Crippen molar-refractivity contribution in [2.75, 3.05) is 13.1 Å². The fraction of sp³-hybridized carbons (Fsp3) is 0.389. The van der Waals surface area contributed by atoms with Crippen LogP contribution in [0.25, 0.3) is 11.4 Å². The minimum absolute atomic E-state index is 0.0318. The smallest absolute Gasteiger partial charge is 0.255 e. The molecule has 2 aromatic heterocycles. The maximum absolute atomic E-state index is 12.7. The highest BCUT2D eigenvalue weighted by Gasteiger charge is 2.49. The van der Waals surface area contributed by atoms with Crippen LogP contribution in [0.15, 0.2) is 42.7 Å². The van der Waals surface area contributed by atoms with Crippen LogP contribution in [0.5, 0.6) is 0 Å². The summed E-state index contributed by atoms with van der Waals surface area (Å²) in [6.07, 6.45) is 6.91. The molecule has 1 spiro atoms. The van der Waals surface area contributed by atoms with E-state index >= 15 is 0 Å². The summed E-state index contributed by atoms with van der Waals surface area (Å²) in [5, 5.41) is 0. The summed E-state index contributed by atoms with van der Waals surface area (Å²) in [7, 11) is 0. The lowest BCUT2D eigenvalue weighted by atomic mass is 9.66. The highest BCUT2D eigenvalue weighted by molar-refractivity contribution is 5.94. The number of pyridine rings is 2. The number of hydrogen-bond donors (Lipinski definition) is 1. The molecule has 0 aromatic carbocycles. The third-order valence-electron chi connectivity index (χ3n) is 5.28. The summed E-state index contributed by atoms with van der Waals surface area (Å²) in [6, 6.07) is 9.49. The van der Waals surface area contributed by atoms with E-state index in [0.29, 0.717) is 12.1 Å². The van der Waals surface area contributed by atoms with Crippen molar-refractivity contribution in [1.29, 1.82) is 0 Å². The number of carbonyl (C=O) groups excluding carboxylic acids is 1. The maximum atomic E-state index is 12.7. The molecular formula is C18H20N4O.